The zero-order valence-corrected chi connectivity index (χ0v) is 23.0. The molecule has 0 amide bonds. The van der Waals surface area contributed by atoms with Crippen molar-refractivity contribution in [1.82, 2.24) is 24.4 Å². The molecule has 42 heavy (non-hydrogen) atoms. The second-order valence-corrected chi connectivity index (χ2v) is 10.8. The van der Waals surface area contributed by atoms with Gasteiger partial charge in [0.1, 0.15) is 16.9 Å². The van der Waals surface area contributed by atoms with Crippen molar-refractivity contribution in [2.45, 2.75) is 12.1 Å². The van der Waals surface area contributed by atoms with Gasteiger partial charge in [0.2, 0.25) is 5.43 Å². The van der Waals surface area contributed by atoms with Crippen LogP contribution in [0.5, 0.6) is 0 Å². The van der Waals surface area contributed by atoms with Crippen LogP contribution >= 0.6 is 0 Å². The van der Waals surface area contributed by atoms with E-state index in [-0.39, 0.29) is 28.5 Å². The molecule has 0 bridgehead atoms. The number of aromatic carboxylic acids is 1. The van der Waals surface area contributed by atoms with Crippen molar-refractivity contribution < 1.29 is 23.4 Å². The Morgan fingerprint density at radius 1 is 1.17 bits per heavy atom. The summed E-state index contributed by atoms with van der Waals surface area (Å²) in [5.74, 6) is -3.34. The highest BCUT2D eigenvalue weighted by molar-refractivity contribution is 6.18. The summed E-state index contributed by atoms with van der Waals surface area (Å²) in [5, 5.41) is 13.1. The Morgan fingerprint density at radius 2 is 1.98 bits per heavy atom. The first-order valence-electron chi connectivity index (χ1n) is 13.5. The Bertz CT molecular complexity index is 2010. The van der Waals surface area contributed by atoms with Crippen molar-refractivity contribution >= 4 is 50.3 Å². The van der Waals surface area contributed by atoms with Crippen LogP contribution in [0.3, 0.4) is 0 Å². The Morgan fingerprint density at radius 3 is 2.71 bits per heavy atom. The van der Waals surface area contributed by atoms with Crippen LogP contribution in [-0.4, -0.2) is 88.0 Å². The number of halogens is 2. The number of rotatable bonds is 4. The van der Waals surface area contributed by atoms with Crippen LogP contribution in [0.25, 0.3) is 44.1 Å². The van der Waals surface area contributed by atoms with Gasteiger partial charge in [-0.3, -0.25) is 9.69 Å². The van der Waals surface area contributed by atoms with Gasteiger partial charge in [-0.15, -0.1) is 0 Å². The molecule has 0 aliphatic carbocycles. The van der Waals surface area contributed by atoms with E-state index < -0.39 is 23.0 Å². The number of nitrogens with zero attached hydrogens (tertiary/aromatic N) is 5. The predicted octanol–water partition coefficient (Wildman–Crippen LogP) is 3.17. The van der Waals surface area contributed by atoms with Crippen LogP contribution in [0, 0.1) is 11.6 Å². The average molecular weight is 576 g/mol. The molecular weight excluding hydrogens is 548 g/mol. The summed E-state index contributed by atoms with van der Waals surface area (Å²) in [6.45, 7) is 2.42. The molecule has 2 aliphatic rings. The number of benzene rings is 1. The van der Waals surface area contributed by atoms with Gasteiger partial charge in [0.25, 0.3) is 0 Å². The van der Waals surface area contributed by atoms with E-state index >= 15 is 4.39 Å². The average Bonchev–Trinajstić information content (AvgIpc) is 3.59. The Hall–Kier alpha value is -4.62. The number of nitrogens with one attached hydrogen (secondary N) is 2. The highest BCUT2D eigenvalue weighted by atomic mass is 19.2. The van der Waals surface area contributed by atoms with Crippen LogP contribution in [0.2, 0.25) is 0 Å². The number of hydrogen-bond acceptors (Lipinski definition) is 8. The summed E-state index contributed by atoms with van der Waals surface area (Å²) in [6, 6.07) is 2.76. The molecular formula is C29H27F2N7O4. The maximum Gasteiger partial charge on any atom is 0.341 e. The maximum atomic E-state index is 15.6. The number of H-pyrrole nitrogens is 1. The first-order valence-corrected chi connectivity index (χ1v) is 13.5. The van der Waals surface area contributed by atoms with Crippen molar-refractivity contribution in [3.05, 3.63) is 58.1 Å². The second-order valence-electron chi connectivity index (χ2n) is 10.8. The first-order chi connectivity index (χ1) is 20.2. The number of carboxylic acids is 1. The molecule has 13 heteroatoms. The zero-order valence-electron chi connectivity index (χ0n) is 23.0. The molecule has 2 atom stereocenters. The van der Waals surface area contributed by atoms with E-state index in [1.54, 1.807) is 32.6 Å². The fourth-order valence-electron chi connectivity index (χ4n) is 6.38. The molecule has 11 nitrogen and oxygen atoms in total. The van der Waals surface area contributed by atoms with Crippen LogP contribution in [0.1, 0.15) is 10.4 Å². The number of aryl methyl sites for hydroxylation is 1. The molecule has 2 fully saturated rings. The van der Waals surface area contributed by atoms with Crippen molar-refractivity contribution in [3.63, 3.8) is 0 Å². The molecule has 0 spiro atoms. The number of carbonyl (C=O) groups is 1. The molecule has 3 N–H and O–H groups in total. The predicted molar refractivity (Wildman–Crippen MR) is 154 cm³/mol. The molecule has 216 valence electrons. The van der Waals surface area contributed by atoms with Gasteiger partial charge in [-0.25, -0.2) is 23.5 Å². The maximum absolute atomic E-state index is 15.6. The molecule has 5 aromatic rings. The van der Waals surface area contributed by atoms with Crippen molar-refractivity contribution in [2.24, 2.45) is 7.05 Å². The number of fused-ring (bicyclic) bond motifs is 5. The van der Waals surface area contributed by atoms with Crippen LogP contribution < -0.4 is 15.6 Å². The third-order valence-corrected chi connectivity index (χ3v) is 8.48. The number of anilines is 2. The Labute approximate surface area is 237 Å². The quantitative estimate of drug-likeness (QED) is 0.296. The van der Waals surface area contributed by atoms with E-state index in [0.29, 0.717) is 64.4 Å². The Balaban J connectivity index is 1.54. The summed E-state index contributed by atoms with van der Waals surface area (Å²) < 4.78 is 38.1. The summed E-state index contributed by atoms with van der Waals surface area (Å²) in [4.78, 5) is 41.5. The molecule has 4 aromatic heterocycles. The lowest BCUT2D eigenvalue weighted by Gasteiger charge is -2.33. The standard InChI is InChI=1S/C29H27F2N7O4/c1-32-18-7-17(30)23(31)21-22-25(38-11-19-20(12-38)42-5-4-36(19)2)15(9-33-27(22)35-24(18)21)13-6-14-26(39)16(29(40)41)10-37(3)28(14)34-8-13/h6-10,19-20,32H,4-5,11-12H2,1-3H3,(H,33,35)(H,40,41)/t19-,20?/m0/s1. The molecule has 0 saturated carbocycles. The summed E-state index contributed by atoms with van der Waals surface area (Å²) in [6.07, 6.45) is 4.33. The van der Waals surface area contributed by atoms with Gasteiger partial charge in [-0.05, 0) is 13.1 Å². The lowest BCUT2D eigenvalue weighted by atomic mass is 10.0. The highest BCUT2D eigenvalue weighted by Gasteiger charge is 2.40. The van der Waals surface area contributed by atoms with Gasteiger partial charge in [-0.1, -0.05) is 0 Å². The van der Waals surface area contributed by atoms with E-state index in [1.165, 1.54) is 10.8 Å². The van der Waals surface area contributed by atoms with Crippen molar-refractivity contribution in [3.8, 4) is 11.1 Å². The van der Waals surface area contributed by atoms with E-state index in [1.807, 2.05) is 7.05 Å². The molecule has 7 rings (SSSR count). The van der Waals surface area contributed by atoms with E-state index in [9.17, 15) is 19.1 Å². The number of aromatic amines is 1. The normalized spacial score (nSPS) is 19.2. The van der Waals surface area contributed by atoms with Gasteiger partial charge >= 0.3 is 5.97 Å². The fraction of sp³-hybridized carbons (Fsp3) is 0.310. The van der Waals surface area contributed by atoms with Crippen molar-refractivity contribution in [2.75, 3.05) is 50.6 Å². The number of likely N-dealkylation sites (N-methyl/N-ethyl adjacent to an activating group) is 1. The van der Waals surface area contributed by atoms with Crippen LogP contribution in [0.4, 0.5) is 20.2 Å². The fourth-order valence-corrected chi connectivity index (χ4v) is 6.38. The summed E-state index contributed by atoms with van der Waals surface area (Å²) in [5.41, 5.74) is 2.00. The monoisotopic (exact) mass is 575 g/mol. The number of carboxylic acid groups (broad SMARTS) is 1. The largest absolute Gasteiger partial charge is 0.477 e. The molecule has 2 aliphatic heterocycles. The molecule has 1 aromatic carbocycles. The zero-order chi connectivity index (χ0) is 29.4. The molecule has 6 heterocycles. The lowest BCUT2D eigenvalue weighted by molar-refractivity contribution is -0.0362. The molecule has 2 saturated heterocycles. The topological polar surface area (TPSA) is 129 Å². The molecule has 1 unspecified atom stereocenters. The van der Waals surface area contributed by atoms with Crippen LogP contribution in [-0.2, 0) is 11.8 Å². The van der Waals surface area contributed by atoms with Crippen molar-refractivity contribution in [1.29, 1.82) is 0 Å². The highest BCUT2D eigenvalue weighted by Crippen LogP contribution is 2.44. The number of hydrogen-bond donors (Lipinski definition) is 3. The number of aromatic nitrogens is 4. The number of ether oxygens (including phenoxy) is 1. The van der Waals surface area contributed by atoms with E-state index in [0.717, 1.165) is 12.6 Å². The van der Waals surface area contributed by atoms with Gasteiger partial charge in [0, 0.05) is 69.5 Å². The SMILES string of the molecule is CNc1cc(F)c(F)c2c1[nH]c1ncc(-c3cnc4c(c3)c(=O)c(C(=O)O)cn4C)c(N3CC4OCCN(C)[C@H]4C3)c12. The molecule has 0 radical (unpaired) electrons. The lowest BCUT2D eigenvalue weighted by Crippen LogP contribution is -2.48. The number of pyridine rings is 3. The van der Waals surface area contributed by atoms with Gasteiger partial charge in [0.15, 0.2) is 11.6 Å². The van der Waals surface area contributed by atoms with Gasteiger partial charge < -0.3 is 29.6 Å². The third kappa shape index (κ3) is 3.77. The second kappa shape index (κ2) is 9.46. The minimum Gasteiger partial charge on any atom is -0.477 e. The first kappa shape index (κ1) is 26.3. The summed E-state index contributed by atoms with van der Waals surface area (Å²) >= 11 is 0. The van der Waals surface area contributed by atoms with E-state index in [2.05, 4.69) is 30.1 Å². The minimum absolute atomic E-state index is 0.0562. The van der Waals surface area contributed by atoms with Crippen LogP contribution in [0.15, 0.2) is 35.5 Å². The van der Waals surface area contributed by atoms with Gasteiger partial charge in [-0.2, -0.15) is 0 Å². The van der Waals surface area contributed by atoms with Gasteiger partial charge in [0.05, 0.1) is 51.8 Å². The van der Waals surface area contributed by atoms with E-state index in [4.69, 9.17) is 4.74 Å². The summed E-state index contributed by atoms with van der Waals surface area (Å²) in [7, 11) is 5.28. The minimum atomic E-state index is -1.34. The smallest absolute Gasteiger partial charge is 0.341 e. The third-order valence-electron chi connectivity index (χ3n) is 8.48. The number of morpholine rings is 1. The Kier molecular flexibility index (Phi) is 5.92.